The Hall–Kier alpha value is -3.56. The fraction of sp³-hybridized carbons (Fsp3) is 0.375. The van der Waals surface area contributed by atoms with E-state index in [1.165, 1.54) is 29.2 Å². The second-order valence-corrected chi connectivity index (χ2v) is 12.8. The molecule has 1 saturated carbocycles. The number of rotatable bonds is 12. The number of benzene rings is 3. The molecule has 1 aliphatic carbocycles. The van der Waals surface area contributed by atoms with Crippen LogP contribution in [0.3, 0.4) is 0 Å². The van der Waals surface area contributed by atoms with Gasteiger partial charge in [0.1, 0.15) is 18.3 Å². The van der Waals surface area contributed by atoms with Crippen LogP contribution in [0.15, 0.2) is 77.7 Å². The molecule has 0 heterocycles. The van der Waals surface area contributed by atoms with Crippen molar-refractivity contribution < 1.29 is 22.7 Å². The van der Waals surface area contributed by atoms with E-state index in [-0.39, 0.29) is 29.1 Å². The Morgan fingerprint density at radius 1 is 1.02 bits per heavy atom. The maximum Gasteiger partial charge on any atom is 0.264 e. The highest BCUT2D eigenvalue weighted by atomic mass is 35.5. The molecular formula is C32H38ClN3O5S. The molecule has 1 aliphatic rings. The van der Waals surface area contributed by atoms with Gasteiger partial charge in [-0.25, -0.2) is 8.42 Å². The molecule has 3 aromatic rings. The second-order valence-electron chi connectivity index (χ2n) is 10.5. The third-order valence-corrected chi connectivity index (χ3v) is 9.44. The van der Waals surface area contributed by atoms with E-state index in [2.05, 4.69) is 5.32 Å². The summed E-state index contributed by atoms with van der Waals surface area (Å²) in [7, 11) is -4.24. The zero-order valence-corrected chi connectivity index (χ0v) is 25.8. The first-order valence-corrected chi connectivity index (χ1v) is 16.1. The number of carbonyl (C=O) groups excluding carboxylic acids is 2. The Balaban J connectivity index is 1.72. The molecule has 1 unspecified atom stereocenters. The maximum atomic E-state index is 14.2. The summed E-state index contributed by atoms with van der Waals surface area (Å²) in [6.45, 7) is 5.34. The van der Waals surface area contributed by atoms with E-state index in [1.807, 2.05) is 31.2 Å². The van der Waals surface area contributed by atoms with E-state index in [4.69, 9.17) is 16.3 Å². The third-order valence-electron chi connectivity index (χ3n) is 7.42. The average Bonchev–Trinajstić information content (AvgIpc) is 3.48. The lowest BCUT2D eigenvalue weighted by atomic mass is 10.1. The lowest BCUT2D eigenvalue weighted by Gasteiger charge is -2.33. The van der Waals surface area contributed by atoms with Gasteiger partial charge in [-0.2, -0.15) is 0 Å². The second kappa shape index (κ2) is 14.1. The molecule has 0 saturated heterocycles. The van der Waals surface area contributed by atoms with Crippen LogP contribution in [-0.2, 0) is 26.2 Å². The maximum absolute atomic E-state index is 14.2. The molecule has 2 amide bonds. The van der Waals surface area contributed by atoms with Crippen LogP contribution in [0.5, 0.6) is 5.75 Å². The minimum atomic E-state index is -4.24. The number of halogens is 1. The predicted molar refractivity (Wildman–Crippen MR) is 165 cm³/mol. The van der Waals surface area contributed by atoms with Crippen molar-refractivity contribution in [2.75, 3.05) is 17.5 Å². The molecule has 8 nitrogen and oxygen atoms in total. The zero-order chi connectivity index (χ0) is 30.3. The fourth-order valence-electron chi connectivity index (χ4n) is 5.17. The van der Waals surface area contributed by atoms with Crippen LogP contribution in [0.25, 0.3) is 0 Å². The summed E-state index contributed by atoms with van der Waals surface area (Å²) in [5, 5.41) is 3.47. The number of anilines is 1. The van der Waals surface area contributed by atoms with Crippen LogP contribution in [0, 0.1) is 6.92 Å². The van der Waals surface area contributed by atoms with Gasteiger partial charge in [0.25, 0.3) is 10.0 Å². The fourth-order valence-corrected chi connectivity index (χ4v) is 6.72. The molecule has 0 aromatic heterocycles. The number of para-hydroxylation sites is 2. The predicted octanol–water partition coefficient (Wildman–Crippen LogP) is 5.72. The SMILES string of the molecule is CCOc1ccccc1N(CC(=O)N(Cc1cccc(C)c1)C(C)C(=O)NC1CCCC1)S(=O)(=O)c1ccc(Cl)cc1. The van der Waals surface area contributed by atoms with Crippen molar-refractivity contribution in [2.24, 2.45) is 0 Å². The molecule has 10 heteroatoms. The molecular weight excluding hydrogens is 574 g/mol. The topological polar surface area (TPSA) is 96.0 Å². The summed E-state index contributed by atoms with van der Waals surface area (Å²) in [4.78, 5) is 29.0. The first-order valence-electron chi connectivity index (χ1n) is 14.3. The molecule has 0 spiro atoms. The largest absolute Gasteiger partial charge is 0.492 e. The molecule has 1 atom stereocenters. The number of sulfonamides is 1. The van der Waals surface area contributed by atoms with Crippen molar-refractivity contribution in [1.29, 1.82) is 0 Å². The van der Waals surface area contributed by atoms with Gasteiger partial charge >= 0.3 is 0 Å². The van der Waals surface area contributed by atoms with Gasteiger partial charge < -0.3 is 15.0 Å². The summed E-state index contributed by atoms with van der Waals surface area (Å²) in [5.41, 5.74) is 2.08. The summed E-state index contributed by atoms with van der Waals surface area (Å²) < 4.78 is 35.0. The van der Waals surface area contributed by atoms with E-state index >= 15 is 0 Å². The average molecular weight is 612 g/mol. The molecule has 3 aromatic carbocycles. The monoisotopic (exact) mass is 611 g/mol. The molecule has 0 radical (unpaired) electrons. The van der Waals surface area contributed by atoms with E-state index in [0.29, 0.717) is 17.4 Å². The first kappa shape index (κ1) is 31.4. The van der Waals surface area contributed by atoms with Gasteiger partial charge in [-0.3, -0.25) is 13.9 Å². The molecule has 4 rings (SSSR count). The standard InChI is InChI=1S/C32H38ClN3O5S/c1-4-41-30-15-8-7-14-29(30)36(42(39,40)28-18-16-26(33)17-19-28)22-31(37)35(21-25-11-9-10-23(2)20-25)24(3)32(38)34-27-12-5-6-13-27/h7-11,14-20,24,27H,4-6,12-13,21-22H2,1-3H3,(H,34,38). The highest BCUT2D eigenvalue weighted by Gasteiger charge is 2.34. The summed E-state index contributed by atoms with van der Waals surface area (Å²) >= 11 is 6.04. The Bertz CT molecular complexity index is 1490. The normalized spacial score (nSPS) is 14.3. The van der Waals surface area contributed by atoms with Crippen LogP contribution in [0.1, 0.15) is 50.7 Å². The van der Waals surface area contributed by atoms with Gasteiger partial charge in [0.05, 0.1) is 17.2 Å². The first-order chi connectivity index (χ1) is 20.1. The number of hydrogen-bond donors (Lipinski definition) is 1. The molecule has 0 aliphatic heterocycles. The van der Waals surface area contributed by atoms with Gasteiger partial charge in [0.15, 0.2) is 0 Å². The Kier molecular flexibility index (Phi) is 10.5. The van der Waals surface area contributed by atoms with Crippen molar-refractivity contribution in [2.45, 2.75) is 70.0 Å². The number of aryl methyl sites for hydroxylation is 1. The quantitative estimate of drug-likeness (QED) is 0.283. The van der Waals surface area contributed by atoms with Gasteiger partial charge in [-0.1, -0.05) is 66.4 Å². The number of hydrogen-bond acceptors (Lipinski definition) is 5. The van der Waals surface area contributed by atoms with E-state index in [9.17, 15) is 18.0 Å². The van der Waals surface area contributed by atoms with Crippen molar-refractivity contribution in [1.82, 2.24) is 10.2 Å². The highest BCUT2D eigenvalue weighted by molar-refractivity contribution is 7.92. The lowest BCUT2D eigenvalue weighted by Crippen LogP contribution is -2.52. The van der Waals surface area contributed by atoms with Gasteiger partial charge in [0.2, 0.25) is 11.8 Å². The van der Waals surface area contributed by atoms with Crippen molar-refractivity contribution >= 4 is 39.1 Å². The Morgan fingerprint density at radius 2 is 1.71 bits per heavy atom. The van der Waals surface area contributed by atoms with E-state index < -0.39 is 28.5 Å². The number of carbonyl (C=O) groups is 2. The zero-order valence-electron chi connectivity index (χ0n) is 24.3. The van der Waals surface area contributed by atoms with Crippen molar-refractivity contribution in [3.05, 3.63) is 88.9 Å². The van der Waals surface area contributed by atoms with Crippen molar-refractivity contribution in [3.8, 4) is 5.75 Å². The number of amides is 2. The van der Waals surface area contributed by atoms with E-state index in [1.54, 1.807) is 38.1 Å². The summed E-state index contributed by atoms with van der Waals surface area (Å²) in [5.74, 6) is -0.457. The molecule has 42 heavy (non-hydrogen) atoms. The van der Waals surface area contributed by atoms with Gasteiger partial charge in [-0.05, 0) is 75.6 Å². The number of nitrogens with zero attached hydrogens (tertiary/aromatic N) is 2. The summed E-state index contributed by atoms with van der Waals surface area (Å²) in [6.07, 6.45) is 3.93. The highest BCUT2D eigenvalue weighted by Crippen LogP contribution is 2.33. The number of ether oxygens (including phenoxy) is 1. The van der Waals surface area contributed by atoms with E-state index in [0.717, 1.165) is 41.1 Å². The van der Waals surface area contributed by atoms with Crippen LogP contribution in [0.4, 0.5) is 5.69 Å². The van der Waals surface area contributed by atoms with Gasteiger partial charge in [-0.15, -0.1) is 0 Å². The Labute approximate surface area is 253 Å². The van der Waals surface area contributed by atoms with Crippen LogP contribution in [-0.4, -0.2) is 50.4 Å². The third kappa shape index (κ3) is 7.63. The van der Waals surface area contributed by atoms with Crippen LogP contribution >= 0.6 is 11.6 Å². The molecule has 1 fully saturated rings. The van der Waals surface area contributed by atoms with Crippen LogP contribution < -0.4 is 14.4 Å². The minimum Gasteiger partial charge on any atom is -0.492 e. The molecule has 0 bridgehead atoms. The molecule has 1 N–H and O–H groups in total. The molecule has 224 valence electrons. The summed E-state index contributed by atoms with van der Waals surface area (Å²) in [6, 6.07) is 19.4. The van der Waals surface area contributed by atoms with Crippen LogP contribution in [0.2, 0.25) is 5.02 Å². The smallest absolute Gasteiger partial charge is 0.264 e. The van der Waals surface area contributed by atoms with Gasteiger partial charge in [0, 0.05) is 17.6 Å². The Morgan fingerprint density at radius 3 is 2.38 bits per heavy atom. The number of nitrogens with one attached hydrogen (secondary N) is 1. The minimum absolute atomic E-state index is 0.0248. The van der Waals surface area contributed by atoms with Crippen molar-refractivity contribution in [3.63, 3.8) is 0 Å². The lowest BCUT2D eigenvalue weighted by molar-refractivity contribution is -0.139.